The number of carbonyl (C=O) groups is 1. The fourth-order valence-electron chi connectivity index (χ4n) is 4.20. The van der Waals surface area contributed by atoms with E-state index < -0.39 is 22.3 Å². The van der Waals surface area contributed by atoms with E-state index in [2.05, 4.69) is 0 Å². The third-order valence-electron chi connectivity index (χ3n) is 5.58. The number of benzene rings is 3. The number of anilines is 2. The molecule has 2 aromatic carbocycles. The second-order valence-electron chi connectivity index (χ2n) is 8.05. The summed E-state index contributed by atoms with van der Waals surface area (Å²) in [5.74, 6) is -0.800. The van der Waals surface area contributed by atoms with Crippen molar-refractivity contribution < 1.29 is 19.2 Å². The number of hydrogen-bond acceptors (Lipinski definition) is 6. The summed E-state index contributed by atoms with van der Waals surface area (Å²) < 4.78 is 8.13. The molecule has 0 saturated heterocycles. The van der Waals surface area contributed by atoms with Gasteiger partial charge in [-0.2, -0.15) is 0 Å². The summed E-state index contributed by atoms with van der Waals surface area (Å²) >= 11 is 0. The third kappa shape index (κ3) is 3.43. The van der Waals surface area contributed by atoms with Crippen molar-refractivity contribution in [3.8, 4) is 22.5 Å². The zero-order chi connectivity index (χ0) is 24.0. The fraction of sp³-hybridized carbons (Fsp3) is 0.167. The van der Waals surface area contributed by atoms with E-state index in [4.69, 9.17) is 10.2 Å². The van der Waals surface area contributed by atoms with E-state index in [-0.39, 0.29) is 11.1 Å². The number of carboxylic acids is 1. The standard InChI is InChI=1S/C24H22N4O5/c1-26(2)16-11-12-18-21(23(16)27(3)4)19(13-7-5-6-8-17(13)33-18)14-9-10-15(28(31)32)22(25)20(14)24(29)30/h5-12H,25H2,1-4H3/p+1. The highest BCUT2D eigenvalue weighted by Gasteiger charge is 2.30. The number of nitro groups is 1. The molecular weight excluding hydrogens is 424 g/mol. The van der Waals surface area contributed by atoms with Crippen LogP contribution >= 0.6 is 0 Å². The Balaban J connectivity index is 2.34. The van der Waals surface area contributed by atoms with Crippen molar-refractivity contribution in [2.75, 3.05) is 38.8 Å². The Hall–Kier alpha value is -4.40. The molecule has 0 atom stereocenters. The molecule has 1 aliphatic heterocycles. The van der Waals surface area contributed by atoms with Crippen LogP contribution in [0.4, 0.5) is 17.1 Å². The quantitative estimate of drug-likeness (QED) is 0.161. The summed E-state index contributed by atoms with van der Waals surface area (Å²) in [5, 5.41) is 23.0. The van der Waals surface area contributed by atoms with Crippen LogP contribution in [0, 0.1) is 10.1 Å². The van der Waals surface area contributed by atoms with Gasteiger partial charge in [-0.05, 0) is 24.3 Å². The Morgan fingerprint density at radius 3 is 2.36 bits per heavy atom. The zero-order valence-corrected chi connectivity index (χ0v) is 18.6. The molecule has 0 amide bonds. The molecule has 0 bridgehead atoms. The molecule has 2 aliphatic rings. The topological polar surface area (TPSA) is 126 Å². The summed E-state index contributed by atoms with van der Waals surface area (Å²) in [6, 6.07) is 13.7. The van der Waals surface area contributed by atoms with E-state index in [1.807, 2.05) is 68.0 Å². The molecule has 168 valence electrons. The van der Waals surface area contributed by atoms with Crippen LogP contribution in [-0.4, -0.2) is 44.2 Å². The van der Waals surface area contributed by atoms with Gasteiger partial charge in [0.2, 0.25) is 5.36 Å². The molecule has 9 nitrogen and oxygen atoms in total. The molecule has 0 saturated carbocycles. The highest BCUT2D eigenvalue weighted by molar-refractivity contribution is 6.10. The molecule has 33 heavy (non-hydrogen) atoms. The molecule has 0 radical (unpaired) electrons. The first-order chi connectivity index (χ1) is 15.6. The van der Waals surface area contributed by atoms with Gasteiger partial charge in [0.05, 0.1) is 16.1 Å². The lowest BCUT2D eigenvalue weighted by molar-refractivity contribution is -0.383. The molecule has 0 spiro atoms. The number of aromatic carboxylic acids is 1. The monoisotopic (exact) mass is 447 g/mol. The van der Waals surface area contributed by atoms with Gasteiger partial charge in [0.15, 0.2) is 0 Å². The van der Waals surface area contributed by atoms with Gasteiger partial charge in [-0.15, -0.1) is 0 Å². The average molecular weight is 447 g/mol. The third-order valence-corrected chi connectivity index (χ3v) is 5.58. The van der Waals surface area contributed by atoms with Gasteiger partial charge in [0, 0.05) is 36.7 Å². The number of nitrogens with zero attached hydrogens (tertiary/aromatic N) is 3. The smallest absolute Gasteiger partial charge is 0.338 e. The fourth-order valence-corrected chi connectivity index (χ4v) is 4.20. The van der Waals surface area contributed by atoms with Crippen LogP contribution < -0.4 is 20.6 Å². The number of nitrogen functional groups attached to an aromatic ring is 1. The predicted octanol–water partition coefficient (Wildman–Crippen LogP) is 3.49. The summed E-state index contributed by atoms with van der Waals surface area (Å²) in [6.07, 6.45) is 0. The lowest BCUT2D eigenvalue weighted by atomic mass is 9.89. The molecule has 9 heteroatoms. The summed E-state index contributed by atoms with van der Waals surface area (Å²) in [5.41, 5.74) is 7.85. The van der Waals surface area contributed by atoms with Crippen LogP contribution in [0.25, 0.3) is 33.4 Å². The van der Waals surface area contributed by atoms with Crippen molar-refractivity contribution >= 4 is 34.0 Å². The minimum Gasteiger partial charge on any atom is -0.478 e. The normalized spacial score (nSPS) is 11.0. The molecule has 4 rings (SSSR count). The maximum Gasteiger partial charge on any atom is 0.338 e. The SMILES string of the molecule is CN(C)c1ccc2oc3ccccc3c(-c3ccc([N+](=O)[O-])c(N)c3C(=O)O)c-2c1=[N+](C)C. The van der Waals surface area contributed by atoms with Crippen molar-refractivity contribution in [2.45, 2.75) is 0 Å². The number of nitro benzene ring substituents is 1. The Kier molecular flexibility index (Phi) is 5.25. The van der Waals surface area contributed by atoms with Crippen LogP contribution in [0.15, 0.2) is 52.9 Å². The zero-order valence-electron chi connectivity index (χ0n) is 18.6. The van der Waals surface area contributed by atoms with Crippen molar-refractivity contribution in [1.82, 2.24) is 4.58 Å². The number of nitrogens with two attached hydrogens (primary N) is 1. The highest BCUT2D eigenvalue weighted by Crippen LogP contribution is 2.43. The highest BCUT2D eigenvalue weighted by atomic mass is 16.6. The van der Waals surface area contributed by atoms with E-state index in [9.17, 15) is 20.0 Å². The molecule has 0 fully saturated rings. The molecular formula is C24H23N4O5+. The lowest BCUT2D eigenvalue weighted by Gasteiger charge is -2.20. The summed E-state index contributed by atoms with van der Waals surface area (Å²) in [6.45, 7) is 0. The Morgan fingerprint density at radius 1 is 1.06 bits per heavy atom. The number of para-hydroxylation sites is 1. The van der Waals surface area contributed by atoms with E-state index in [1.165, 1.54) is 12.1 Å². The van der Waals surface area contributed by atoms with Crippen LogP contribution in [0.1, 0.15) is 10.4 Å². The van der Waals surface area contributed by atoms with E-state index in [0.717, 1.165) is 11.0 Å². The first-order valence-corrected chi connectivity index (χ1v) is 10.1. The maximum absolute atomic E-state index is 12.3. The summed E-state index contributed by atoms with van der Waals surface area (Å²) in [7, 11) is 7.61. The van der Waals surface area contributed by atoms with Gasteiger partial charge >= 0.3 is 5.97 Å². The molecule has 3 N–H and O–H groups in total. The Bertz CT molecular complexity index is 1480. The minimum atomic E-state index is -1.35. The van der Waals surface area contributed by atoms with Crippen LogP contribution in [0.5, 0.6) is 0 Å². The Labute approximate surface area is 189 Å². The van der Waals surface area contributed by atoms with E-state index in [0.29, 0.717) is 27.9 Å². The van der Waals surface area contributed by atoms with Gasteiger partial charge in [-0.1, -0.05) is 18.2 Å². The number of fused-ring (bicyclic) bond motifs is 2. The van der Waals surface area contributed by atoms with Crippen molar-refractivity contribution in [2.24, 2.45) is 0 Å². The number of rotatable bonds is 4. The number of carboxylic acid groups (broad SMARTS) is 1. The van der Waals surface area contributed by atoms with E-state index >= 15 is 0 Å². The van der Waals surface area contributed by atoms with Crippen LogP contribution in [0.3, 0.4) is 0 Å². The predicted molar refractivity (Wildman–Crippen MR) is 128 cm³/mol. The molecule has 0 unspecified atom stereocenters. The Morgan fingerprint density at radius 2 is 1.76 bits per heavy atom. The van der Waals surface area contributed by atoms with Crippen molar-refractivity contribution in [3.05, 3.63) is 69.6 Å². The van der Waals surface area contributed by atoms with Crippen molar-refractivity contribution in [1.29, 1.82) is 0 Å². The number of hydrogen-bond donors (Lipinski definition) is 2. The van der Waals surface area contributed by atoms with Gasteiger partial charge in [-0.3, -0.25) is 10.1 Å². The van der Waals surface area contributed by atoms with Gasteiger partial charge in [-0.25, -0.2) is 9.37 Å². The summed E-state index contributed by atoms with van der Waals surface area (Å²) in [4.78, 5) is 25.0. The maximum atomic E-state index is 12.3. The molecule has 1 aliphatic carbocycles. The molecule has 2 aromatic rings. The van der Waals surface area contributed by atoms with E-state index in [1.54, 1.807) is 6.07 Å². The first kappa shape index (κ1) is 21.8. The lowest BCUT2D eigenvalue weighted by Crippen LogP contribution is -2.31. The van der Waals surface area contributed by atoms with Gasteiger partial charge in [0.25, 0.3) is 5.69 Å². The second kappa shape index (κ2) is 7.94. The van der Waals surface area contributed by atoms with Gasteiger partial charge < -0.3 is 20.2 Å². The van der Waals surface area contributed by atoms with Gasteiger partial charge in [0.1, 0.15) is 36.8 Å². The van der Waals surface area contributed by atoms with Crippen LogP contribution in [0.2, 0.25) is 0 Å². The molecule has 1 heterocycles. The second-order valence-corrected chi connectivity index (χ2v) is 8.05. The van der Waals surface area contributed by atoms with Crippen molar-refractivity contribution in [3.63, 3.8) is 0 Å². The minimum absolute atomic E-state index is 0.279. The molecule has 0 aromatic heterocycles. The first-order valence-electron chi connectivity index (χ1n) is 10.1. The van der Waals surface area contributed by atoms with Crippen LogP contribution in [-0.2, 0) is 0 Å². The largest absolute Gasteiger partial charge is 0.478 e. The average Bonchev–Trinajstić information content (AvgIpc) is 2.75.